The quantitative estimate of drug-likeness (QED) is 0.217. The van der Waals surface area contributed by atoms with Crippen LogP contribution in [-0.4, -0.2) is 25.7 Å². The van der Waals surface area contributed by atoms with E-state index >= 15 is 0 Å². The molecule has 0 aliphatic heterocycles. The van der Waals surface area contributed by atoms with E-state index in [1.807, 2.05) is 37.1 Å². The number of unbranched alkanes of at least 4 members (excludes halogenated alkanes) is 1. The van der Waals surface area contributed by atoms with Gasteiger partial charge in [-0.3, -0.25) is 0 Å². The standard InChI is InChI=1S/C17H25NO2S/c1-5-6-10-20-16-12-14(2)17(15(3)13-16)21-11-8-7-9-18-19-4/h5-6,9,12-13H,7-8,10-11H2,1-4H3/b6-5+,18-9+. The molecule has 4 heteroatoms. The molecule has 0 spiro atoms. The van der Waals surface area contributed by atoms with Gasteiger partial charge in [0.1, 0.15) is 19.5 Å². The second-order valence-electron chi connectivity index (χ2n) is 4.73. The predicted molar refractivity (Wildman–Crippen MR) is 91.7 cm³/mol. The van der Waals surface area contributed by atoms with E-state index in [0.717, 1.165) is 24.3 Å². The van der Waals surface area contributed by atoms with E-state index in [9.17, 15) is 0 Å². The first-order valence-electron chi connectivity index (χ1n) is 7.22. The van der Waals surface area contributed by atoms with Crippen molar-refractivity contribution in [2.24, 2.45) is 5.16 Å². The molecule has 0 saturated heterocycles. The Morgan fingerprint density at radius 1 is 1.24 bits per heavy atom. The summed E-state index contributed by atoms with van der Waals surface area (Å²) in [6.45, 7) is 6.91. The maximum Gasteiger partial charge on any atom is 0.120 e. The number of nitrogens with zero attached hydrogens (tertiary/aromatic N) is 1. The molecule has 0 heterocycles. The fourth-order valence-electron chi connectivity index (χ4n) is 1.94. The Morgan fingerprint density at radius 3 is 2.57 bits per heavy atom. The van der Waals surface area contributed by atoms with E-state index in [2.05, 4.69) is 36.0 Å². The van der Waals surface area contributed by atoms with Gasteiger partial charge in [0.15, 0.2) is 0 Å². The van der Waals surface area contributed by atoms with Crippen molar-refractivity contribution in [2.45, 2.75) is 38.5 Å². The minimum absolute atomic E-state index is 0.626. The maximum absolute atomic E-state index is 5.71. The van der Waals surface area contributed by atoms with Crippen molar-refractivity contribution in [3.8, 4) is 5.75 Å². The van der Waals surface area contributed by atoms with E-state index in [-0.39, 0.29) is 0 Å². The molecule has 116 valence electrons. The molecule has 0 atom stereocenters. The van der Waals surface area contributed by atoms with Gasteiger partial charge in [0.25, 0.3) is 0 Å². The lowest BCUT2D eigenvalue weighted by molar-refractivity contribution is 0.214. The molecule has 1 aromatic carbocycles. The highest BCUT2D eigenvalue weighted by molar-refractivity contribution is 7.99. The molecule has 21 heavy (non-hydrogen) atoms. The number of thioether (sulfide) groups is 1. The Hall–Kier alpha value is -1.42. The van der Waals surface area contributed by atoms with Crippen LogP contribution in [0.4, 0.5) is 0 Å². The second kappa shape index (κ2) is 10.3. The highest BCUT2D eigenvalue weighted by Gasteiger charge is 2.06. The van der Waals surface area contributed by atoms with Crippen molar-refractivity contribution in [3.63, 3.8) is 0 Å². The van der Waals surface area contributed by atoms with Gasteiger partial charge in [0, 0.05) is 11.1 Å². The fraction of sp³-hybridized carbons (Fsp3) is 0.471. The number of oxime groups is 1. The Balaban J connectivity index is 2.53. The van der Waals surface area contributed by atoms with Gasteiger partial charge in [-0.1, -0.05) is 17.3 Å². The average Bonchev–Trinajstić information content (AvgIpc) is 2.45. The van der Waals surface area contributed by atoms with Gasteiger partial charge in [-0.15, -0.1) is 11.8 Å². The molecule has 0 aliphatic carbocycles. The zero-order chi connectivity index (χ0) is 15.5. The fourth-order valence-corrected chi connectivity index (χ4v) is 3.03. The minimum Gasteiger partial charge on any atom is -0.490 e. The van der Waals surface area contributed by atoms with Crippen LogP contribution in [0.15, 0.2) is 34.3 Å². The summed E-state index contributed by atoms with van der Waals surface area (Å²) in [6.07, 6.45) is 7.86. The molecular formula is C17H25NO2S. The van der Waals surface area contributed by atoms with Crippen molar-refractivity contribution in [3.05, 3.63) is 35.4 Å². The third kappa shape index (κ3) is 6.71. The Morgan fingerprint density at radius 2 is 1.95 bits per heavy atom. The van der Waals surface area contributed by atoms with Gasteiger partial charge in [0.2, 0.25) is 0 Å². The Bertz CT molecular complexity index is 461. The summed E-state index contributed by atoms with van der Waals surface area (Å²) < 4.78 is 5.71. The smallest absolute Gasteiger partial charge is 0.120 e. The zero-order valence-electron chi connectivity index (χ0n) is 13.4. The lowest BCUT2D eigenvalue weighted by atomic mass is 10.1. The molecular weight excluding hydrogens is 282 g/mol. The minimum atomic E-state index is 0.626. The highest BCUT2D eigenvalue weighted by atomic mass is 32.2. The van der Waals surface area contributed by atoms with Gasteiger partial charge < -0.3 is 9.57 Å². The lowest BCUT2D eigenvalue weighted by Gasteiger charge is -2.12. The number of rotatable bonds is 9. The number of hydrogen-bond acceptors (Lipinski definition) is 4. The zero-order valence-corrected chi connectivity index (χ0v) is 14.2. The molecule has 0 aromatic heterocycles. The van der Waals surface area contributed by atoms with Gasteiger partial charge in [0.05, 0.1) is 0 Å². The molecule has 0 aliphatic rings. The summed E-state index contributed by atoms with van der Waals surface area (Å²) in [4.78, 5) is 6.00. The molecule has 1 aromatic rings. The summed E-state index contributed by atoms with van der Waals surface area (Å²) in [5.74, 6) is 2.02. The molecule has 1 rings (SSSR count). The first-order chi connectivity index (χ1) is 10.2. The molecule has 3 nitrogen and oxygen atoms in total. The van der Waals surface area contributed by atoms with Gasteiger partial charge in [-0.25, -0.2) is 0 Å². The molecule has 0 radical (unpaired) electrons. The van der Waals surface area contributed by atoms with E-state index in [4.69, 9.17) is 4.74 Å². The van der Waals surface area contributed by atoms with Gasteiger partial charge in [-0.05, 0) is 62.6 Å². The van der Waals surface area contributed by atoms with Crippen LogP contribution in [0.25, 0.3) is 0 Å². The lowest BCUT2D eigenvalue weighted by Crippen LogP contribution is -1.96. The molecule has 0 bridgehead atoms. The summed E-state index contributed by atoms with van der Waals surface area (Å²) in [7, 11) is 1.57. The summed E-state index contributed by atoms with van der Waals surface area (Å²) >= 11 is 1.90. The first kappa shape index (κ1) is 17.6. The maximum atomic E-state index is 5.71. The van der Waals surface area contributed by atoms with Crippen LogP contribution >= 0.6 is 11.8 Å². The van der Waals surface area contributed by atoms with E-state index in [0.29, 0.717) is 6.61 Å². The first-order valence-corrected chi connectivity index (χ1v) is 8.20. The molecule has 0 fully saturated rings. The van der Waals surface area contributed by atoms with Crippen LogP contribution in [0.5, 0.6) is 5.75 Å². The van der Waals surface area contributed by atoms with Crippen LogP contribution in [-0.2, 0) is 4.84 Å². The second-order valence-corrected chi connectivity index (χ2v) is 5.83. The monoisotopic (exact) mass is 307 g/mol. The Kier molecular flexibility index (Phi) is 8.67. The normalized spacial score (nSPS) is 11.4. The molecule has 0 amide bonds. The van der Waals surface area contributed by atoms with Crippen molar-refractivity contribution >= 4 is 18.0 Å². The molecule has 0 N–H and O–H groups in total. The number of benzene rings is 1. The van der Waals surface area contributed by atoms with Crippen LogP contribution in [0.1, 0.15) is 30.9 Å². The van der Waals surface area contributed by atoms with Crippen LogP contribution in [0, 0.1) is 13.8 Å². The largest absolute Gasteiger partial charge is 0.490 e. The molecule has 0 unspecified atom stereocenters. The van der Waals surface area contributed by atoms with E-state index < -0.39 is 0 Å². The van der Waals surface area contributed by atoms with Crippen LogP contribution in [0.2, 0.25) is 0 Å². The third-order valence-electron chi connectivity index (χ3n) is 2.92. The third-order valence-corrected chi connectivity index (χ3v) is 4.35. The average molecular weight is 307 g/mol. The van der Waals surface area contributed by atoms with Gasteiger partial charge >= 0.3 is 0 Å². The van der Waals surface area contributed by atoms with Crippen molar-refractivity contribution in [1.82, 2.24) is 0 Å². The van der Waals surface area contributed by atoms with E-state index in [1.165, 1.54) is 16.0 Å². The predicted octanol–water partition coefficient (Wildman–Crippen LogP) is 4.76. The summed E-state index contributed by atoms with van der Waals surface area (Å²) in [5, 5.41) is 3.74. The van der Waals surface area contributed by atoms with Crippen LogP contribution in [0.3, 0.4) is 0 Å². The van der Waals surface area contributed by atoms with Crippen LogP contribution < -0.4 is 4.74 Å². The topological polar surface area (TPSA) is 30.8 Å². The SMILES string of the molecule is C/C=C/COc1cc(C)c(SCCC/C=N/OC)c(C)c1. The van der Waals surface area contributed by atoms with Crippen molar-refractivity contribution in [1.29, 1.82) is 0 Å². The highest BCUT2D eigenvalue weighted by Crippen LogP contribution is 2.30. The molecule has 0 saturated carbocycles. The number of allylic oxidation sites excluding steroid dienone is 1. The number of ether oxygens (including phenoxy) is 1. The number of hydrogen-bond donors (Lipinski definition) is 0. The number of aryl methyl sites for hydroxylation is 2. The summed E-state index contributed by atoms with van der Waals surface area (Å²) in [6, 6.07) is 4.23. The van der Waals surface area contributed by atoms with E-state index in [1.54, 1.807) is 7.11 Å². The Labute approximate surface area is 132 Å². The van der Waals surface area contributed by atoms with Gasteiger partial charge in [-0.2, -0.15) is 0 Å². The summed E-state index contributed by atoms with van der Waals surface area (Å²) in [5.41, 5.74) is 2.56. The van der Waals surface area contributed by atoms with Crippen molar-refractivity contribution in [2.75, 3.05) is 19.5 Å². The van der Waals surface area contributed by atoms with Crippen molar-refractivity contribution < 1.29 is 9.57 Å².